The van der Waals surface area contributed by atoms with Gasteiger partial charge in [-0.2, -0.15) is 0 Å². The number of likely N-dealkylation sites (tertiary alicyclic amines) is 1. The Balaban J connectivity index is 2.72. The van der Waals surface area contributed by atoms with E-state index in [1.807, 2.05) is 11.8 Å². The van der Waals surface area contributed by atoms with Crippen molar-refractivity contribution < 1.29 is 14.3 Å². The van der Waals surface area contributed by atoms with Gasteiger partial charge in [0.25, 0.3) is 0 Å². The minimum Gasteiger partial charge on any atom is -0.376 e. The molecular weight excluding hydrogens is 306 g/mol. The first-order chi connectivity index (χ1) is 11.4. The fourth-order valence-electron chi connectivity index (χ4n) is 3.35. The first kappa shape index (κ1) is 20.9. The summed E-state index contributed by atoms with van der Waals surface area (Å²) in [4.78, 5) is 26.3. The summed E-state index contributed by atoms with van der Waals surface area (Å²) in [6, 6.07) is -0.571. The highest BCUT2D eigenvalue weighted by Gasteiger charge is 2.36. The van der Waals surface area contributed by atoms with Gasteiger partial charge < -0.3 is 20.7 Å². The number of hydrogen-bond donors (Lipinski definition) is 2. The van der Waals surface area contributed by atoms with Crippen molar-refractivity contribution in [2.45, 2.75) is 78.0 Å². The van der Waals surface area contributed by atoms with E-state index in [1.165, 1.54) is 6.92 Å². The Labute approximate surface area is 146 Å². The van der Waals surface area contributed by atoms with E-state index in [0.29, 0.717) is 25.6 Å². The zero-order valence-electron chi connectivity index (χ0n) is 15.7. The molecule has 1 fully saturated rings. The number of hydrogen-bond acceptors (Lipinski definition) is 4. The molecule has 0 aromatic carbocycles. The maximum absolute atomic E-state index is 12.9. The van der Waals surface area contributed by atoms with E-state index < -0.39 is 6.04 Å². The predicted molar refractivity (Wildman–Crippen MR) is 95.5 cm³/mol. The molecule has 3 N–H and O–H groups in total. The summed E-state index contributed by atoms with van der Waals surface area (Å²) in [5.74, 6) is 0.205. The Morgan fingerprint density at radius 2 is 2.08 bits per heavy atom. The Morgan fingerprint density at radius 3 is 2.62 bits per heavy atom. The fourth-order valence-corrected chi connectivity index (χ4v) is 3.35. The molecule has 1 rings (SSSR count). The van der Waals surface area contributed by atoms with Crippen molar-refractivity contribution in [1.82, 2.24) is 10.2 Å². The minimum atomic E-state index is -0.645. The average Bonchev–Trinajstić information content (AvgIpc) is 3.03. The van der Waals surface area contributed by atoms with Gasteiger partial charge in [-0.3, -0.25) is 9.59 Å². The molecule has 1 saturated heterocycles. The highest BCUT2D eigenvalue weighted by atomic mass is 16.5. The van der Waals surface area contributed by atoms with Crippen molar-refractivity contribution in [2.75, 3.05) is 19.7 Å². The van der Waals surface area contributed by atoms with E-state index >= 15 is 0 Å². The number of nitrogens with two attached hydrogens (primary N) is 1. The Morgan fingerprint density at radius 1 is 1.38 bits per heavy atom. The molecule has 0 aromatic heterocycles. The van der Waals surface area contributed by atoms with E-state index in [9.17, 15) is 9.59 Å². The number of carbonyl (C=O) groups excluding carboxylic acids is 2. The highest BCUT2D eigenvalue weighted by molar-refractivity contribution is 5.87. The first-order valence-electron chi connectivity index (χ1n) is 9.33. The topological polar surface area (TPSA) is 84.7 Å². The van der Waals surface area contributed by atoms with Crippen molar-refractivity contribution in [2.24, 2.45) is 11.7 Å². The largest absolute Gasteiger partial charge is 0.376 e. The predicted octanol–water partition coefficient (Wildman–Crippen LogP) is 1.67. The Hall–Kier alpha value is -1.14. The second-order valence-electron chi connectivity index (χ2n) is 6.84. The summed E-state index contributed by atoms with van der Waals surface area (Å²) in [7, 11) is 0. The molecule has 140 valence electrons. The molecule has 1 heterocycles. The van der Waals surface area contributed by atoms with Crippen molar-refractivity contribution in [1.29, 1.82) is 0 Å². The van der Waals surface area contributed by atoms with Gasteiger partial charge in [0.15, 0.2) is 0 Å². The Kier molecular flexibility index (Phi) is 9.29. The molecule has 1 aliphatic heterocycles. The van der Waals surface area contributed by atoms with Gasteiger partial charge in [0.1, 0.15) is 6.04 Å². The van der Waals surface area contributed by atoms with Gasteiger partial charge >= 0.3 is 0 Å². The van der Waals surface area contributed by atoms with E-state index in [1.54, 1.807) is 0 Å². The number of carbonyl (C=O) groups is 2. The molecule has 0 aliphatic carbocycles. The van der Waals surface area contributed by atoms with Crippen molar-refractivity contribution in [3.8, 4) is 0 Å². The van der Waals surface area contributed by atoms with Gasteiger partial charge in [0.05, 0.1) is 6.10 Å². The van der Waals surface area contributed by atoms with E-state index in [-0.39, 0.29) is 24.0 Å². The smallest absolute Gasteiger partial charge is 0.248 e. The Bertz CT molecular complexity index is 403. The number of nitrogens with zero attached hydrogens (tertiary/aromatic N) is 1. The van der Waals surface area contributed by atoms with Crippen molar-refractivity contribution >= 4 is 11.8 Å². The number of nitrogens with one attached hydrogen (secondary N) is 1. The summed E-state index contributed by atoms with van der Waals surface area (Å²) >= 11 is 0. The summed E-state index contributed by atoms with van der Waals surface area (Å²) < 4.78 is 5.97. The fraction of sp³-hybridized carbons (Fsp3) is 0.889. The zero-order valence-corrected chi connectivity index (χ0v) is 15.7. The lowest BCUT2D eigenvalue weighted by Gasteiger charge is -2.32. The molecule has 2 amide bonds. The van der Waals surface area contributed by atoms with Crippen LogP contribution in [0.2, 0.25) is 0 Å². The third-order valence-corrected chi connectivity index (χ3v) is 4.90. The van der Waals surface area contributed by atoms with Gasteiger partial charge in [-0.15, -0.1) is 0 Å². The molecule has 6 heteroatoms. The molecule has 4 atom stereocenters. The third kappa shape index (κ3) is 6.06. The molecule has 6 nitrogen and oxygen atoms in total. The lowest BCUT2D eigenvalue weighted by molar-refractivity contribution is -0.141. The minimum absolute atomic E-state index is 0.0736. The van der Waals surface area contributed by atoms with Gasteiger partial charge in [-0.05, 0) is 32.1 Å². The standard InChI is InChI=1S/C18H35N3O3/c1-5-8-15(6-2)12-24-13(3)17(20-14(4)22)18(23)21-10-7-9-16(21)11-19/h13,15-17H,5-12,19H2,1-4H3,(H,20,22). The molecule has 0 radical (unpaired) electrons. The van der Waals surface area contributed by atoms with Crippen LogP contribution in [0.4, 0.5) is 0 Å². The molecule has 0 bridgehead atoms. The van der Waals surface area contributed by atoms with Crippen LogP contribution in [0.1, 0.15) is 59.8 Å². The number of ether oxygens (including phenoxy) is 1. The molecular formula is C18H35N3O3. The van der Waals surface area contributed by atoms with Crippen LogP contribution in [-0.4, -0.2) is 54.6 Å². The molecule has 4 unspecified atom stereocenters. The van der Waals surface area contributed by atoms with Gasteiger partial charge in [0, 0.05) is 32.7 Å². The van der Waals surface area contributed by atoms with Crippen molar-refractivity contribution in [3.63, 3.8) is 0 Å². The van der Waals surface area contributed by atoms with Crippen LogP contribution >= 0.6 is 0 Å². The van der Waals surface area contributed by atoms with Crippen LogP contribution in [0.3, 0.4) is 0 Å². The normalized spacial score (nSPS) is 21.4. The number of amides is 2. The summed E-state index contributed by atoms with van der Waals surface area (Å²) in [6.45, 7) is 9.40. The highest BCUT2D eigenvalue weighted by Crippen LogP contribution is 2.19. The molecule has 1 aliphatic rings. The maximum atomic E-state index is 12.9. The zero-order chi connectivity index (χ0) is 18.1. The average molecular weight is 341 g/mol. The van der Waals surface area contributed by atoms with Gasteiger partial charge in [0.2, 0.25) is 11.8 Å². The number of rotatable bonds is 10. The lowest BCUT2D eigenvalue weighted by Crippen LogP contribution is -2.56. The second kappa shape index (κ2) is 10.7. The van der Waals surface area contributed by atoms with Crippen LogP contribution in [-0.2, 0) is 14.3 Å². The third-order valence-electron chi connectivity index (χ3n) is 4.90. The summed E-state index contributed by atoms with van der Waals surface area (Å²) in [6.07, 6.45) is 4.83. The molecule has 0 saturated carbocycles. The van der Waals surface area contributed by atoms with Crippen LogP contribution in [0.5, 0.6) is 0 Å². The van der Waals surface area contributed by atoms with Gasteiger partial charge in [-0.25, -0.2) is 0 Å². The summed E-state index contributed by atoms with van der Waals surface area (Å²) in [5, 5.41) is 2.78. The van der Waals surface area contributed by atoms with Crippen LogP contribution < -0.4 is 11.1 Å². The van der Waals surface area contributed by atoms with E-state index in [0.717, 1.165) is 32.1 Å². The quantitative estimate of drug-likeness (QED) is 0.633. The van der Waals surface area contributed by atoms with Crippen molar-refractivity contribution in [3.05, 3.63) is 0 Å². The molecule has 0 spiro atoms. The SMILES string of the molecule is CCCC(CC)COC(C)C(NC(C)=O)C(=O)N1CCCC1CN. The maximum Gasteiger partial charge on any atom is 0.248 e. The van der Waals surface area contributed by atoms with Gasteiger partial charge in [-0.1, -0.05) is 26.7 Å². The molecule has 24 heavy (non-hydrogen) atoms. The van der Waals surface area contributed by atoms with E-state index in [4.69, 9.17) is 10.5 Å². The molecule has 0 aromatic rings. The first-order valence-corrected chi connectivity index (χ1v) is 9.33. The summed E-state index contributed by atoms with van der Waals surface area (Å²) in [5.41, 5.74) is 5.78. The van der Waals surface area contributed by atoms with Crippen LogP contribution in [0.15, 0.2) is 0 Å². The second-order valence-corrected chi connectivity index (χ2v) is 6.84. The van der Waals surface area contributed by atoms with Crippen LogP contribution in [0.25, 0.3) is 0 Å². The lowest BCUT2D eigenvalue weighted by atomic mass is 10.0. The van der Waals surface area contributed by atoms with E-state index in [2.05, 4.69) is 19.2 Å². The monoisotopic (exact) mass is 341 g/mol. The van der Waals surface area contributed by atoms with Crippen LogP contribution in [0, 0.1) is 5.92 Å².